The molecule has 0 rings (SSSR count). The topological polar surface area (TPSA) is 58.2 Å². The van der Waals surface area contributed by atoms with E-state index in [0.29, 0.717) is 0 Å². The van der Waals surface area contributed by atoms with Gasteiger partial charge in [-0.2, -0.15) is 0 Å². The van der Waals surface area contributed by atoms with E-state index in [0.717, 1.165) is 0 Å². The summed E-state index contributed by atoms with van der Waals surface area (Å²) >= 11 is 5.57. The first-order valence-electron chi connectivity index (χ1n) is 4.90. The lowest BCUT2D eigenvalue weighted by Gasteiger charge is -2.23. The molecular weight excluding hydrogens is 216 g/mol. The van der Waals surface area contributed by atoms with Crippen molar-refractivity contribution in [2.45, 2.75) is 51.6 Å². The van der Waals surface area contributed by atoms with Gasteiger partial charge in [-0.3, -0.25) is 9.59 Å². The minimum absolute atomic E-state index is 0.215. The van der Waals surface area contributed by atoms with Crippen LogP contribution in [0.15, 0.2) is 0 Å². The molecular formula is C10H19ClN2O2. The summed E-state index contributed by atoms with van der Waals surface area (Å²) in [7, 11) is 0. The number of hydrogen-bond donors (Lipinski definition) is 2. The highest BCUT2D eigenvalue weighted by Crippen LogP contribution is 2.00. The molecule has 0 aliphatic rings. The molecule has 0 aromatic carbocycles. The lowest BCUT2D eigenvalue weighted by atomic mass is 10.1. The number of halogens is 1. The second kappa shape index (κ2) is 5.35. The molecule has 88 valence electrons. The van der Waals surface area contributed by atoms with Crippen LogP contribution in [0.1, 0.15) is 34.6 Å². The minimum atomic E-state index is -0.630. The van der Waals surface area contributed by atoms with E-state index in [1.54, 1.807) is 13.8 Å². The molecule has 0 aliphatic heterocycles. The second-order valence-corrected chi connectivity index (χ2v) is 5.24. The SMILES string of the molecule is CC(Cl)C(=O)NC(C)C(=O)NC(C)(C)C. The van der Waals surface area contributed by atoms with E-state index in [1.807, 2.05) is 20.8 Å². The summed E-state index contributed by atoms with van der Waals surface area (Å²) in [6.07, 6.45) is 0. The highest BCUT2D eigenvalue weighted by molar-refractivity contribution is 6.30. The van der Waals surface area contributed by atoms with Crippen molar-refractivity contribution in [1.29, 1.82) is 0 Å². The van der Waals surface area contributed by atoms with Crippen LogP contribution >= 0.6 is 11.6 Å². The Hall–Kier alpha value is -0.770. The predicted molar refractivity (Wildman–Crippen MR) is 60.8 cm³/mol. The molecule has 2 unspecified atom stereocenters. The number of carbonyl (C=O) groups is 2. The molecule has 0 aliphatic carbocycles. The number of amides is 2. The summed E-state index contributed by atoms with van der Waals surface area (Å²) < 4.78 is 0. The molecule has 0 fully saturated rings. The molecule has 2 N–H and O–H groups in total. The first-order valence-corrected chi connectivity index (χ1v) is 5.33. The van der Waals surface area contributed by atoms with E-state index in [2.05, 4.69) is 10.6 Å². The van der Waals surface area contributed by atoms with Gasteiger partial charge in [0, 0.05) is 5.54 Å². The van der Waals surface area contributed by atoms with E-state index in [-0.39, 0.29) is 17.4 Å². The Morgan fingerprint density at radius 3 is 1.93 bits per heavy atom. The maximum absolute atomic E-state index is 11.5. The quantitative estimate of drug-likeness (QED) is 0.717. The number of carbonyl (C=O) groups excluding carboxylic acids is 2. The molecule has 0 heterocycles. The van der Waals surface area contributed by atoms with E-state index < -0.39 is 11.4 Å². The fourth-order valence-electron chi connectivity index (χ4n) is 0.872. The molecule has 5 heteroatoms. The zero-order valence-electron chi connectivity index (χ0n) is 9.85. The van der Waals surface area contributed by atoms with Crippen LogP contribution in [0.4, 0.5) is 0 Å². The minimum Gasteiger partial charge on any atom is -0.350 e. The molecule has 4 nitrogen and oxygen atoms in total. The lowest BCUT2D eigenvalue weighted by molar-refractivity contribution is -0.129. The van der Waals surface area contributed by atoms with E-state index in [4.69, 9.17) is 11.6 Å². The largest absolute Gasteiger partial charge is 0.350 e. The smallest absolute Gasteiger partial charge is 0.242 e. The van der Waals surface area contributed by atoms with Crippen molar-refractivity contribution in [3.8, 4) is 0 Å². The van der Waals surface area contributed by atoms with Crippen LogP contribution in [0.3, 0.4) is 0 Å². The van der Waals surface area contributed by atoms with Crippen molar-refractivity contribution in [1.82, 2.24) is 10.6 Å². The Morgan fingerprint density at radius 2 is 1.60 bits per heavy atom. The fourth-order valence-corrected chi connectivity index (χ4v) is 0.935. The highest BCUT2D eigenvalue weighted by atomic mass is 35.5. The van der Waals surface area contributed by atoms with Crippen molar-refractivity contribution in [3.63, 3.8) is 0 Å². The summed E-state index contributed by atoms with van der Waals surface area (Å²) in [4.78, 5) is 22.7. The van der Waals surface area contributed by atoms with Gasteiger partial charge in [-0.1, -0.05) is 0 Å². The second-order valence-electron chi connectivity index (χ2n) is 4.59. The Kier molecular flexibility index (Phi) is 5.08. The van der Waals surface area contributed by atoms with Crippen LogP contribution in [0.25, 0.3) is 0 Å². The molecule has 0 bridgehead atoms. The van der Waals surface area contributed by atoms with Crippen molar-refractivity contribution in [2.75, 3.05) is 0 Å². The highest BCUT2D eigenvalue weighted by Gasteiger charge is 2.21. The van der Waals surface area contributed by atoms with Crippen LogP contribution in [0, 0.1) is 0 Å². The summed E-state index contributed by atoms with van der Waals surface area (Å²) in [5.74, 6) is -0.554. The fraction of sp³-hybridized carbons (Fsp3) is 0.800. The number of nitrogens with one attached hydrogen (secondary N) is 2. The van der Waals surface area contributed by atoms with Gasteiger partial charge in [0.05, 0.1) is 0 Å². The Labute approximate surface area is 95.7 Å². The van der Waals surface area contributed by atoms with Crippen molar-refractivity contribution >= 4 is 23.4 Å². The van der Waals surface area contributed by atoms with Crippen molar-refractivity contribution in [2.24, 2.45) is 0 Å². The normalized spacial score (nSPS) is 15.3. The predicted octanol–water partition coefficient (Wildman–Crippen LogP) is 1.03. The standard InChI is InChI=1S/C10H19ClN2O2/c1-6(11)8(14)12-7(2)9(15)13-10(3,4)5/h6-7H,1-5H3,(H,12,14)(H,13,15). The molecule has 0 saturated carbocycles. The van der Waals surface area contributed by atoms with Crippen LogP contribution in [-0.4, -0.2) is 28.8 Å². The molecule has 0 saturated heterocycles. The number of alkyl halides is 1. The zero-order valence-corrected chi connectivity index (χ0v) is 10.6. The third-order valence-corrected chi connectivity index (χ3v) is 1.81. The summed E-state index contributed by atoms with van der Waals surface area (Å²) in [5, 5.41) is 4.66. The van der Waals surface area contributed by atoms with Crippen molar-refractivity contribution in [3.05, 3.63) is 0 Å². The van der Waals surface area contributed by atoms with E-state index >= 15 is 0 Å². The van der Waals surface area contributed by atoms with Gasteiger partial charge in [0.15, 0.2) is 0 Å². The summed E-state index contributed by atoms with van der Waals surface area (Å²) in [5.41, 5.74) is -0.303. The monoisotopic (exact) mass is 234 g/mol. The van der Waals surface area contributed by atoms with Crippen LogP contribution < -0.4 is 10.6 Å². The average Bonchev–Trinajstić information content (AvgIpc) is 2.00. The first-order chi connectivity index (χ1) is 6.63. The summed E-state index contributed by atoms with van der Waals surface area (Å²) in [6.45, 7) is 8.82. The third-order valence-electron chi connectivity index (χ3n) is 1.61. The lowest BCUT2D eigenvalue weighted by Crippen LogP contribution is -2.51. The van der Waals surface area contributed by atoms with Gasteiger partial charge < -0.3 is 10.6 Å². The average molecular weight is 235 g/mol. The summed E-state index contributed by atoms with van der Waals surface area (Å²) in [6, 6.07) is -0.571. The van der Waals surface area contributed by atoms with Gasteiger partial charge in [0.1, 0.15) is 11.4 Å². The van der Waals surface area contributed by atoms with Crippen LogP contribution in [0.2, 0.25) is 0 Å². The van der Waals surface area contributed by atoms with Crippen LogP contribution in [0.5, 0.6) is 0 Å². The maximum Gasteiger partial charge on any atom is 0.242 e. The third kappa shape index (κ3) is 6.33. The molecule has 2 atom stereocenters. The maximum atomic E-state index is 11.5. The molecule has 15 heavy (non-hydrogen) atoms. The van der Waals surface area contributed by atoms with Gasteiger partial charge in [0.2, 0.25) is 11.8 Å². The van der Waals surface area contributed by atoms with Gasteiger partial charge in [-0.25, -0.2) is 0 Å². The molecule has 0 spiro atoms. The molecule has 2 amide bonds. The Morgan fingerprint density at radius 1 is 1.13 bits per heavy atom. The Bertz CT molecular complexity index is 246. The number of hydrogen-bond acceptors (Lipinski definition) is 2. The molecule has 0 radical (unpaired) electrons. The molecule has 0 aromatic heterocycles. The van der Waals surface area contributed by atoms with Gasteiger partial charge >= 0.3 is 0 Å². The van der Waals surface area contributed by atoms with Gasteiger partial charge in [-0.05, 0) is 34.6 Å². The van der Waals surface area contributed by atoms with E-state index in [1.165, 1.54) is 0 Å². The van der Waals surface area contributed by atoms with Crippen molar-refractivity contribution < 1.29 is 9.59 Å². The zero-order chi connectivity index (χ0) is 12.2. The van der Waals surface area contributed by atoms with Gasteiger partial charge in [-0.15, -0.1) is 11.6 Å². The van der Waals surface area contributed by atoms with Crippen LogP contribution in [-0.2, 0) is 9.59 Å². The van der Waals surface area contributed by atoms with Gasteiger partial charge in [0.25, 0.3) is 0 Å². The Balaban J connectivity index is 4.17. The van der Waals surface area contributed by atoms with E-state index in [9.17, 15) is 9.59 Å². The molecule has 0 aromatic rings. The number of rotatable bonds is 3. The first kappa shape index (κ1) is 14.2.